The Hall–Kier alpha value is -1.30. The molecule has 1 unspecified atom stereocenters. The first-order valence-corrected chi connectivity index (χ1v) is 8.07. The summed E-state index contributed by atoms with van der Waals surface area (Å²) in [4.78, 5) is 14.4. The fourth-order valence-electron chi connectivity index (χ4n) is 2.36. The van der Waals surface area contributed by atoms with Crippen molar-refractivity contribution in [1.29, 1.82) is 0 Å². The first-order chi connectivity index (χ1) is 10.6. The van der Waals surface area contributed by atoms with E-state index in [2.05, 4.69) is 15.5 Å². The molecule has 1 saturated heterocycles. The van der Waals surface area contributed by atoms with E-state index in [1.807, 2.05) is 19.1 Å². The van der Waals surface area contributed by atoms with Gasteiger partial charge in [-0.15, -0.1) is 0 Å². The van der Waals surface area contributed by atoms with E-state index in [0.29, 0.717) is 17.3 Å². The van der Waals surface area contributed by atoms with Crippen LogP contribution < -0.4 is 15.4 Å². The fourth-order valence-corrected chi connectivity index (χ4v) is 2.52. The van der Waals surface area contributed by atoms with E-state index in [0.717, 1.165) is 38.3 Å². The molecule has 1 atom stereocenters. The standard InChI is InChI=1S/C16H24ClN3O2/c1-12-3-4-14(17)15(11-12)22-13(2)16(21)19-7-10-20-8-5-18-6-9-20/h3-4,11,13,18H,5-10H2,1-2H3,(H,19,21). The monoisotopic (exact) mass is 325 g/mol. The lowest BCUT2D eigenvalue weighted by Crippen LogP contribution is -2.47. The maximum Gasteiger partial charge on any atom is 0.260 e. The van der Waals surface area contributed by atoms with Gasteiger partial charge >= 0.3 is 0 Å². The van der Waals surface area contributed by atoms with Crippen LogP contribution in [0.5, 0.6) is 5.75 Å². The minimum atomic E-state index is -0.567. The number of carbonyl (C=O) groups excluding carboxylic acids is 1. The van der Waals surface area contributed by atoms with Gasteiger partial charge in [0, 0.05) is 39.3 Å². The minimum absolute atomic E-state index is 0.118. The maximum absolute atomic E-state index is 12.1. The summed E-state index contributed by atoms with van der Waals surface area (Å²) in [6, 6.07) is 5.53. The van der Waals surface area contributed by atoms with Crippen molar-refractivity contribution in [3.05, 3.63) is 28.8 Å². The number of hydrogen-bond acceptors (Lipinski definition) is 4. The number of ether oxygens (including phenoxy) is 1. The molecular formula is C16H24ClN3O2. The van der Waals surface area contributed by atoms with Crippen LogP contribution in [0.15, 0.2) is 18.2 Å². The highest BCUT2D eigenvalue weighted by atomic mass is 35.5. The number of benzene rings is 1. The van der Waals surface area contributed by atoms with Crippen molar-refractivity contribution in [3.63, 3.8) is 0 Å². The van der Waals surface area contributed by atoms with Gasteiger partial charge in [-0.1, -0.05) is 17.7 Å². The smallest absolute Gasteiger partial charge is 0.260 e. The van der Waals surface area contributed by atoms with Crippen LogP contribution in [0.4, 0.5) is 0 Å². The van der Waals surface area contributed by atoms with Crippen molar-refractivity contribution in [2.75, 3.05) is 39.3 Å². The maximum atomic E-state index is 12.1. The van der Waals surface area contributed by atoms with Gasteiger partial charge in [0.15, 0.2) is 6.10 Å². The van der Waals surface area contributed by atoms with Gasteiger partial charge in [0.1, 0.15) is 5.75 Å². The number of nitrogens with one attached hydrogen (secondary N) is 2. The van der Waals surface area contributed by atoms with Crippen LogP contribution in [0, 0.1) is 6.92 Å². The second-order valence-corrected chi connectivity index (χ2v) is 5.98. The van der Waals surface area contributed by atoms with Gasteiger partial charge in [0.2, 0.25) is 0 Å². The third-order valence-electron chi connectivity index (χ3n) is 3.70. The van der Waals surface area contributed by atoms with Crippen LogP contribution in [0.1, 0.15) is 12.5 Å². The quantitative estimate of drug-likeness (QED) is 0.831. The van der Waals surface area contributed by atoms with E-state index in [9.17, 15) is 4.79 Å². The first-order valence-electron chi connectivity index (χ1n) is 7.70. The molecule has 122 valence electrons. The van der Waals surface area contributed by atoms with Crippen molar-refractivity contribution >= 4 is 17.5 Å². The van der Waals surface area contributed by atoms with Crippen LogP contribution in [0.3, 0.4) is 0 Å². The Kier molecular flexibility index (Phi) is 6.49. The largest absolute Gasteiger partial charge is 0.479 e. The zero-order valence-corrected chi connectivity index (χ0v) is 13.9. The number of piperazine rings is 1. The lowest BCUT2D eigenvalue weighted by atomic mass is 10.2. The summed E-state index contributed by atoms with van der Waals surface area (Å²) in [5.74, 6) is 0.430. The van der Waals surface area contributed by atoms with Gasteiger partial charge in [0.25, 0.3) is 5.91 Å². The Labute approximate surface area is 137 Å². The third-order valence-corrected chi connectivity index (χ3v) is 4.01. The molecule has 0 bridgehead atoms. The zero-order valence-electron chi connectivity index (χ0n) is 13.2. The highest BCUT2D eigenvalue weighted by Crippen LogP contribution is 2.26. The average molecular weight is 326 g/mol. The molecule has 0 aliphatic carbocycles. The first kappa shape index (κ1) is 17.1. The summed E-state index contributed by atoms with van der Waals surface area (Å²) in [7, 11) is 0. The summed E-state index contributed by atoms with van der Waals surface area (Å²) >= 11 is 6.08. The number of aryl methyl sites for hydroxylation is 1. The molecule has 0 radical (unpaired) electrons. The second kappa shape index (κ2) is 8.36. The number of carbonyl (C=O) groups is 1. The number of nitrogens with zero attached hydrogens (tertiary/aromatic N) is 1. The van der Waals surface area contributed by atoms with Gasteiger partial charge < -0.3 is 15.4 Å². The normalized spacial score (nSPS) is 17.0. The number of halogens is 1. The van der Waals surface area contributed by atoms with Gasteiger partial charge in [-0.3, -0.25) is 9.69 Å². The Morgan fingerprint density at radius 2 is 2.18 bits per heavy atom. The highest BCUT2D eigenvalue weighted by Gasteiger charge is 2.16. The molecule has 0 saturated carbocycles. The SMILES string of the molecule is Cc1ccc(Cl)c(OC(C)C(=O)NCCN2CCNCC2)c1. The zero-order chi connectivity index (χ0) is 15.9. The lowest BCUT2D eigenvalue weighted by Gasteiger charge is -2.27. The molecule has 5 nitrogen and oxygen atoms in total. The minimum Gasteiger partial charge on any atom is -0.479 e. The van der Waals surface area contributed by atoms with E-state index in [-0.39, 0.29) is 5.91 Å². The van der Waals surface area contributed by atoms with Crippen molar-refractivity contribution in [2.24, 2.45) is 0 Å². The molecule has 0 aromatic heterocycles. The van der Waals surface area contributed by atoms with Gasteiger partial charge in [-0.05, 0) is 31.5 Å². The summed E-state index contributed by atoms with van der Waals surface area (Å²) in [5.41, 5.74) is 1.05. The van der Waals surface area contributed by atoms with Crippen LogP contribution in [-0.2, 0) is 4.79 Å². The number of amides is 1. The summed E-state index contributed by atoms with van der Waals surface area (Å²) < 4.78 is 5.66. The molecule has 0 spiro atoms. The molecule has 22 heavy (non-hydrogen) atoms. The van der Waals surface area contributed by atoms with Crippen molar-refractivity contribution < 1.29 is 9.53 Å². The van der Waals surface area contributed by atoms with Gasteiger partial charge in [-0.25, -0.2) is 0 Å². The predicted molar refractivity (Wildman–Crippen MR) is 88.6 cm³/mol. The van der Waals surface area contributed by atoms with Crippen molar-refractivity contribution in [3.8, 4) is 5.75 Å². The molecule has 1 aliphatic rings. The van der Waals surface area contributed by atoms with E-state index in [4.69, 9.17) is 16.3 Å². The molecule has 2 rings (SSSR count). The molecular weight excluding hydrogens is 302 g/mol. The Bertz CT molecular complexity index is 504. The summed E-state index contributed by atoms with van der Waals surface area (Å²) in [6.45, 7) is 9.28. The molecule has 1 fully saturated rings. The third kappa shape index (κ3) is 5.16. The Morgan fingerprint density at radius 1 is 1.45 bits per heavy atom. The van der Waals surface area contributed by atoms with E-state index in [1.165, 1.54) is 0 Å². The summed E-state index contributed by atoms with van der Waals surface area (Å²) in [6.07, 6.45) is -0.567. The second-order valence-electron chi connectivity index (χ2n) is 5.58. The van der Waals surface area contributed by atoms with Crippen LogP contribution in [0.25, 0.3) is 0 Å². The van der Waals surface area contributed by atoms with Gasteiger partial charge in [-0.2, -0.15) is 0 Å². The fraction of sp³-hybridized carbons (Fsp3) is 0.562. The predicted octanol–water partition coefficient (Wildman–Crippen LogP) is 1.44. The van der Waals surface area contributed by atoms with Crippen LogP contribution >= 0.6 is 11.6 Å². The summed E-state index contributed by atoms with van der Waals surface area (Å²) in [5, 5.41) is 6.74. The van der Waals surface area contributed by atoms with Crippen LogP contribution in [-0.4, -0.2) is 56.2 Å². The molecule has 2 N–H and O–H groups in total. The van der Waals surface area contributed by atoms with E-state index >= 15 is 0 Å². The molecule has 1 amide bonds. The lowest BCUT2D eigenvalue weighted by molar-refractivity contribution is -0.127. The van der Waals surface area contributed by atoms with Crippen molar-refractivity contribution in [2.45, 2.75) is 20.0 Å². The van der Waals surface area contributed by atoms with E-state index in [1.54, 1.807) is 13.0 Å². The molecule has 6 heteroatoms. The molecule has 1 aromatic carbocycles. The molecule has 1 aliphatic heterocycles. The Morgan fingerprint density at radius 3 is 2.91 bits per heavy atom. The average Bonchev–Trinajstić information content (AvgIpc) is 2.52. The van der Waals surface area contributed by atoms with Crippen molar-refractivity contribution in [1.82, 2.24) is 15.5 Å². The van der Waals surface area contributed by atoms with E-state index < -0.39 is 6.10 Å². The Balaban J connectivity index is 1.75. The van der Waals surface area contributed by atoms with Crippen LogP contribution in [0.2, 0.25) is 5.02 Å². The number of hydrogen-bond donors (Lipinski definition) is 2. The topological polar surface area (TPSA) is 53.6 Å². The number of rotatable bonds is 6. The molecule has 1 aromatic rings. The molecule has 1 heterocycles. The highest BCUT2D eigenvalue weighted by molar-refractivity contribution is 6.32. The van der Waals surface area contributed by atoms with Gasteiger partial charge in [0.05, 0.1) is 5.02 Å².